The Balaban J connectivity index is 2.09. The van der Waals surface area contributed by atoms with Gasteiger partial charge in [0.05, 0.1) is 0 Å². The number of hydrogen-bond donors (Lipinski definition) is 0. The molecule has 0 saturated carbocycles. The Hall–Kier alpha value is -2.48. The van der Waals surface area contributed by atoms with Gasteiger partial charge >= 0.3 is 0 Å². The molecule has 0 aromatic heterocycles. The van der Waals surface area contributed by atoms with Gasteiger partial charge in [0, 0.05) is 11.1 Å². The van der Waals surface area contributed by atoms with E-state index in [2.05, 4.69) is 0 Å². The fourth-order valence-corrected chi connectivity index (χ4v) is 1.66. The van der Waals surface area contributed by atoms with E-state index in [0.717, 1.165) is 5.56 Å². The van der Waals surface area contributed by atoms with Crippen LogP contribution >= 0.6 is 0 Å². The normalized spacial score (nSPS) is 10.6. The van der Waals surface area contributed by atoms with Crippen molar-refractivity contribution in [1.29, 1.82) is 0 Å². The van der Waals surface area contributed by atoms with Gasteiger partial charge in [0.15, 0.2) is 11.6 Å². The Kier molecular flexibility index (Phi) is 4.04. The molecule has 0 N–H and O–H groups in total. The van der Waals surface area contributed by atoms with Crippen molar-refractivity contribution in [2.45, 2.75) is 6.92 Å². The van der Waals surface area contributed by atoms with Crippen molar-refractivity contribution in [3.05, 3.63) is 83.4 Å². The maximum absolute atomic E-state index is 11.9. The van der Waals surface area contributed by atoms with Crippen molar-refractivity contribution in [1.82, 2.24) is 0 Å². The zero-order valence-electron chi connectivity index (χ0n) is 10.7. The van der Waals surface area contributed by atoms with Crippen molar-refractivity contribution in [3.8, 4) is 0 Å². The van der Waals surface area contributed by atoms with E-state index in [-0.39, 0.29) is 11.6 Å². The number of aryl methyl sites for hydroxylation is 1. The second-order valence-electron chi connectivity index (χ2n) is 4.29. The van der Waals surface area contributed by atoms with E-state index in [0.29, 0.717) is 11.1 Å². The summed E-state index contributed by atoms with van der Waals surface area (Å²) >= 11 is 0. The van der Waals surface area contributed by atoms with Gasteiger partial charge in [-0.3, -0.25) is 9.59 Å². The molecular formula is C17H14O2. The van der Waals surface area contributed by atoms with Crippen LogP contribution in [0.2, 0.25) is 0 Å². The summed E-state index contributed by atoms with van der Waals surface area (Å²) in [4.78, 5) is 23.6. The lowest BCUT2D eigenvalue weighted by Gasteiger charge is -1.97. The molecule has 94 valence electrons. The maximum Gasteiger partial charge on any atom is 0.185 e. The predicted octanol–water partition coefficient (Wildman–Crippen LogP) is 3.62. The number of benzene rings is 2. The van der Waals surface area contributed by atoms with E-state index < -0.39 is 0 Å². The van der Waals surface area contributed by atoms with Crippen LogP contribution in [0.15, 0.2) is 66.7 Å². The van der Waals surface area contributed by atoms with E-state index in [1.54, 1.807) is 36.4 Å². The molecule has 0 amide bonds. The zero-order chi connectivity index (χ0) is 13.7. The quantitative estimate of drug-likeness (QED) is 0.613. The van der Waals surface area contributed by atoms with Crippen LogP contribution in [-0.2, 0) is 0 Å². The lowest BCUT2D eigenvalue weighted by atomic mass is 10.1. The van der Waals surface area contributed by atoms with Crippen LogP contribution in [0.25, 0.3) is 0 Å². The lowest BCUT2D eigenvalue weighted by molar-refractivity contribution is 0.102. The highest BCUT2D eigenvalue weighted by atomic mass is 16.1. The number of carbonyl (C=O) groups excluding carboxylic acids is 2. The number of rotatable bonds is 4. The van der Waals surface area contributed by atoms with Gasteiger partial charge in [-0.05, 0) is 19.1 Å². The van der Waals surface area contributed by atoms with Crippen LogP contribution in [0.4, 0.5) is 0 Å². The molecule has 0 saturated heterocycles. The van der Waals surface area contributed by atoms with Crippen LogP contribution in [0.1, 0.15) is 26.3 Å². The summed E-state index contributed by atoms with van der Waals surface area (Å²) in [5.41, 5.74) is 2.26. The third-order valence-corrected chi connectivity index (χ3v) is 2.78. The molecule has 19 heavy (non-hydrogen) atoms. The van der Waals surface area contributed by atoms with Gasteiger partial charge in [0.25, 0.3) is 0 Å². The van der Waals surface area contributed by atoms with Gasteiger partial charge in [-0.25, -0.2) is 0 Å². The standard InChI is InChI=1S/C17H14O2/c1-13-7-9-15(10-8-13)17(19)12-11-16(18)14-5-3-2-4-6-14/h2-12H,1H3/b12-11-. The topological polar surface area (TPSA) is 34.1 Å². The minimum atomic E-state index is -0.166. The molecule has 2 rings (SSSR count). The molecule has 0 aliphatic heterocycles. The fourth-order valence-electron chi connectivity index (χ4n) is 1.66. The van der Waals surface area contributed by atoms with E-state index in [1.807, 2.05) is 25.1 Å². The number of ketones is 2. The van der Waals surface area contributed by atoms with Gasteiger partial charge < -0.3 is 0 Å². The highest BCUT2D eigenvalue weighted by molar-refractivity contribution is 6.11. The first-order chi connectivity index (χ1) is 9.16. The predicted molar refractivity (Wildman–Crippen MR) is 75.4 cm³/mol. The summed E-state index contributed by atoms with van der Waals surface area (Å²) in [5.74, 6) is -0.328. The van der Waals surface area contributed by atoms with Crippen molar-refractivity contribution in [2.24, 2.45) is 0 Å². The maximum atomic E-state index is 11.9. The molecule has 2 nitrogen and oxygen atoms in total. The molecule has 0 spiro atoms. The van der Waals surface area contributed by atoms with Crippen molar-refractivity contribution < 1.29 is 9.59 Å². The van der Waals surface area contributed by atoms with Gasteiger partial charge in [-0.1, -0.05) is 60.2 Å². The van der Waals surface area contributed by atoms with Crippen LogP contribution in [-0.4, -0.2) is 11.6 Å². The van der Waals surface area contributed by atoms with Crippen LogP contribution in [0, 0.1) is 6.92 Å². The number of carbonyl (C=O) groups is 2. The van der Waals surface area contributed by atoms with Crippen molar-refractivity contribution in [2.75, 3.05) is 0 Å². The first-order valence-electron chi connectivity index (χ1n) is 6.05. The molecule has 0 atom stereocenters. The van der Waals surface area contributed by atoms with Crippen LogP contribution in [0.5, 0.6) is 0 Å². The summed E-state index contributed by atoms with van der Waals surface area (Å²) in [6.45, 7) is 1.96. The second kappa shape index (κ2) is 5.91. The third kappa shape index (κ3) is 3.49. The summed E-state index contributed by atoms with van der Waals surface area (Å²) in [6, 6.07) is 16.2. The average Bonchev–Trinajstić information content (AvgIpc) is 2.46. The molecule has 0 aliphatic carbocycles. The molecule has 0 heterocycles. The molecular weight excluding hydrogens is 236 g/mol. The molecule has 2 heteroatoms. The van der Waals surface area contributed by atoms with Gasteiger partial charge in [0.2, 0.25) is 0 Å². The van der Waals surface area contributed by atoms with E-state index in [4.69, 9.17) is 0 Å². The first kappa shape index (κ1) is 13.0. The first-order valence-corrected chi connectivity index (χ1v) is 6.05. The minimum Gasteiger partial charge on any atom is -0.289 e. The Bertz CT molecular complexity index is 607. The largest absolute Gasteiger partial charge is 0.289 e. The third-order valence-electron chi connectivity index (χ3n) is 2.78. The number of allylic oxidation sites excluding steroid dienone is 2. The Morgan fingerprint density at radius 3 is 1.74 bits per heavy atom. The summed E-state index contributed by atoms with van der Waals surface area (Å²) in [5, 5.41) is 0. The Morgan fingerprint density at radius 2 is 1.21 bits per heavy atom. The van der Waals surface area contributed by atoms with Crippen molar-refractivity contribution in [3.63, 3.8) is 0 Å². The van der Waals surface area contributed by atoms with Gasteiger partial charge in [-0.15, -0.1) is 0 Å². The van der Waals surface area contributed by atoms with Gasteiger partial charge in [-0.2, -0.15) is 0 Å². The molecule has 0 fully saturated rings. The zero-order valence-corrected chi connectivity index (χ0v) is 10.7. The summed E-state index contributed by atoms with van der Waals surface area (Å²) < 4.78 is 0. The Morgan fingerprint density at radius 1 is 0.737 bits per heavy atom. The van der Waals surface area contributed by atoms with Crippen molar-refractivity contribution >= 4 is 11.6 Å². The molecule has 0 unspecified atom stereocenters. The Labute approximate surface area is 112 Å². The molecule has 2 aromatic rings. The molecule has 0 bridgehead atoms. The highest BCUT2D eigenvalue weighted by Gasteiger charge is 2.03. The molecule has 0 aliphatic rings. The van der Waals surface area contributed by atoms with Crippen LogP contribution < -0.4 is 0 Å². The highest BCUT2D eigenvalue weighted by Crippen LogP contribution is 2.06. The smallest absolute Gasteiger partial charge is 0.185 e. The second-order valence-corrected chi connectivity index (χ2v) is 4.29. The van der Waals surface area contributed by atoms with E-state index in [9.17, 15) is 9.59 Å². The fraction of sp³-hybridized carbons (Fsp3) is 0.0588. The minimum absolute atomic E-state index is 0.163. The van der Waals surface area contributed by atoms with Crippen LogP contribution in [0.3, 0.4) is 0 Å². The van der Waals surface area contributed by atoms with Gasteiger partial charge in [0.1, 0.15) is 0 Å². The SMILES string of the molecule is Cc1ccc(C(=O)/C=C\C(=O)c2ccccc2)cc1. The monoisotopic (exact) mass is 250 g/mol. The summed E-state index contributed by atoms with van der Waals surface area (Å²) in [6.07, 6.45) is 2.64. The molecule has 0 radical (unpaired) electrons. The number of hydrogen-bond acceptors (Lipinski definition) is 2. The van der Waals surface area contributed by atoms with E-state index in [1.165, 1.54) is 12.2 Å². The summed E-state index contributed by atoms with van der Waals surface area (Å²) in [7, 11) is 0. The van der Waals surface area contributed by atoms with E-state index >= 15 is 0 Å². The average molecular weight is 250 g/mol. The lowest BCUT2D eigenvalue weighted by Crippen LogP contribution is -1.98. The molecule has 2 aromatic carbocycles.